The molecular weight excluding hydrogens is 275 g/mol. The van der Waals surface area contributed by atoms with Crippen molar-refractivity contribution in [2.24, 2.45) is 0 Å². The largest absolute Gasteiger partial charge is 0.298 e. The van der Waals surface area contributed by atoms with Gasteiger partial charge in [-0.3, -0.25) is 4.90 Å². The zero-order chi connectivity index (χ0) is 14.5. The Bertz CT molecular complexity index is 649. The second kappa shape index (κ2) is 6.51. The van der Waals surface area contributed by atoms with Crippen LogP contribution < -0.4 is 0 Å². The zero-order valence-electron chi connectivity index (χ0n) is 11.1. The van der Waals surface area contributed by atoms with Gasteiger partial charge in [-0.15, -0.1) is 0 Å². The molecular formula is C16H14ClFN2. The summed E-state index contributed by atoms with van der Waals surface area (Å²) in [7, 11) is 1.97. The molecule has 0 aliphatic carbocycles. The van der Waals surface area contributed by atoms with E-state index < -0.39 is 5.82 Å². The van der Waals surface area contributed by atoms with Crippen LogP contribution >= 0.6 is 11.6 Å². The molecule has 0 aliphatic heterocycles. The second-order valence-corrected chi connectivity index (χ2v) is 5.16. The molecule has 2 aromatic rings. The first-order chi connectivity index (χ1) is 9.58. The van der Waals surface area contributed by atoms with Gasteiger partial charge in [-0.2, -0.15) is 5.26 Å². The van der Waals surface area contributed by atoms with E-state index in [9.17, 15) is 4.39 Å². The van der Waals surface area contributed by atoms with Crippen LogP contribution in [-0.4, -0.2) is 11.9 Å². The van der Waals surface area contributed by atoms with Crippen molar-refractivity contribution in [3.05, 3.63) is 70.0 Å². The Morgan fingerprint density at radius 1 is 1.15 bits per heavy atom. The fraction of sp³-hybridized carbons (Fsp3) is 0.188. The van der Waals surface area contributed by atoms with E-state index in [1.165, 1.54) is 6.07 Å². The number of nitrogens with zero attached hydrogens (tertiary/aromatic N) is 2. The first-order valence-corrected chi connectivity index (χ1v) is 6.58. The van der Waals surface area contributed by atoms with E-state index in [2.05, 4.69) is 4.90 Å². The minimum Gasteiger partial charge on any atom is -0.298 e. The van der Waals surface area contributed by atoms with Crippen molar-refractivity contribution in [1.29, 1.82) is 5.26 Å². The van der Waals surface area contributed by atoms with Crippen molar-refractivity contribution in [3.8, 4) is 6.07 Å². The molecule has 4 heteroatoms. The molecule has 102 valence electrons. The molecule has 0 radical (unpaired) electrons. The van der Waals surface area contributed by atoms with Crippen molar-refractivity contribution >= 4 is 11.6 Å². The summed E-state index contributed by atoms with van der Waals surface area (Å²) < 4.78 is 13.2. The van der Waals surface area contributed by atoms with Gasteiger partial charge in [-0.1, -0.05) is 29.8 Å². The molecule has 0 N–H and O–H groups in total. The van der Waals surface area contributed by atoms with Crippen LogP contribution in [0.5, 0.6) is 0 Å². The van der Waals surface area contributed by atoms with E-state index in [4.69, 9.17) is 16.9 Å². The molecule has 0 aliphatic rings. The molecule has 0 heterocycles. The monoisotopic (exact) mass is 288 g/mol. The van der Waals surface area contributed by atoms with Crippen LogP contribution in [0.2, 0.25) is 5.02 Å². The maximum Gasteiger partial charge on any atom is 0.140 e. The maximum absolute atomic E-state index is 13.2. The number of rotatable bonds is 4. The molecule has 0 fully saturated rings. The van der Waals surface area contributed by atoms with E-state index in [1.807, 2.05) is 37.4 Å². The third-order valence-electron chi connectivity index (χ3n) is 2.95. The van der Waals surface area contributed by atoms with E-state index in [0.717, 1.165) is 17.7 Å². The molecule has 0 aromatic heterocycles. The third-order valence-corrected chi connectivity index (χ3v) is 3.18. The Hall–Kier alpha value is -1.89. The van der Waals surface area contributed by atoms with E-state index in [-0.39, 0.29) is 5.56 Å². The van der Waals surface area contributed by atoms with Gasteiger partial charge in [-0.25, -0.2) is 4.39 Å². The van der Waals surface area contributed by atoms with Crippen molar-refractivity contribution in [2.45, 2.75) is 13.1 Å². The van der Waals surface area contributed by atoms with Gasteiger partial charge in [0, 0.05) is 18.1 Å². The molecule has 0 unspecified atom stereocenters. The first kappa shape index (κ1) is 14.5. The van der Waals surface area contributed by atoms with Gasteiger partial charge in [-0.05, 0) is 42.4 Å². The van der Waals surface area contributed by atoms with Gasteiger partial charge in [0.1, 0.15) is 11.9 Å². The molecule has 20 heavy (non-hydrogen) atoms. The summed E-state index contributed by atoms with van der Waals surface area (Å²) in [6, 6.07) is 14.2. The molecule has 0 spiro atoms. The molecule has 0 bridgehead atoms. The average Bonchev–Trinajstić information content (AvgIpc) is 2.41. The fourth-order valence-corrected chi connectivity index (χ4v) is 2.28. The van der Waals surface area contributed by atoms with E-state index in [1.54, 1.807) is 12.1 Å². The minimum absolute atomic E-state index is 0.0821. The summed E-state index contributed by atoms with van der Waals surface area (Å²) in [5.41, 5.74) is 2.11. The van der Waals surface area contributed by atoms with E-state index >= 15 is 0 Å². The number of hydrogen-bond donors (Lipinski definition) is 0. The Morgan fingerprint density at radius 2 is 1.85 bits per heavy atom. The lowest BCUT2D eigenvalue weighted by atomic mass is 10.1. The molecule has 0 atom stereocenters. The summed E-state index contributed by atoms with van der Waals surface area (Å²) in [5.74, 6) is -0.478. The van der Waals surface area contributed by atoms with Gasteiger partial charge in [0.15, 0.2) is 0 Å². The highest BCUT2D eigenvalue weighted by Gasteiger charge is 2.06. The van der Waals surface area contributed by atoms with Crippen LogP contribution in [0.4, 0.5) is 4.39 Å². The molecule has 2 aromatic carbocycles. The summed E-state index contributed by atoms with van der Waals surface area (Å²) >= 11 is 5.95. The van der Waals surface area contributed by atoms with Crippen LogP contribution in [0, 0.1) is 17.1 Å². The topological polar surface area (TPSA) is 27.0 Å². The first-order valence-electron chi connectivity index (χ1n) is 6.20. The zero-order valence-corrected chi connectivity index (χ0v) is 11.9. The lowest BCUT2D eigenvalue weighted by Crippen LogP contribution is -2.17. The van der Waals surface area contributed by atoms with Crippen LogP contribution in [0.25, 0.3) is 0 Å². The molecule has 2 rings (SSSR count). The summed E-state index contributed by atoms with van der Waals surface area (Å²) in [4.78, 5) is 2.08. The predicted octanol–water partition coefficient (Wildman–Crippen LogP) is 3.98. The van der Waals surface area contributed by atoms with Gasteiger partial charge in [0.2, 0.25) is 0 Å². The molecule has 0 amide bonds. The van der Waals surface area contributed by atoms with Crippen molar-refractivity contribution in [3.63, 3.8) is 0 Å². The Labute approximate surface area is 123 Å². The predicted molar refractivity (Wildman–Crippen MR) is 77.7 cm³/mol. The minimum atomic E-state index is -0.478. The fourth-order valence-electron chi connectivity index (χ4n) is 2.07. The smallest absolute Gasteiger partial charge is 0.140 e. The van der Waals surface area contributed by atoms with Crippen LogP contribution in [0.15, 0.2) is 42.5 Å². The number of halogens is 2. The van der Waals surface area contributed by atoms with Gasteiger partial charge in [0.25, 0.3) is 0 Å². The Balaban J connectivity index is 2.05. The normalized spacial score (nSPS) is 10.6. The second-order valence-electron chi connectivity index (χ2n) is 4.73. The Morgan fingerprint density at radius 3 is 2.50 bits per heavy atom. The number of hydrogen-bond acceptors (Lipinski definition) is 2. The van der Waals surface area contributed by atoms with Crippen molar-refractivity contribution < 1.29 is 4.39 Å². The van der Waals surface area contributed by atoms with Gasteiger partial charge < -0.3 is 0 Å². The summed E-state index contributed by atoms with van der Waals surface area (Å²) in [6.45, 7) is 1.38. The molecule has 2 nitrogen and oxygen atoms in total. The Kier molecular flexibility index (Phi) is 4.73. The van der Waals surface area contributed by atoms with E-state index in [0.29, 0.717) is 11.6 Å². The number of benzene rings is 2. The highest BCUT2D eigenvalue weighted by molar-refractivity contribution is 6.30. The van der Waals surface area contributed by atoms with Crippen LogP contribution in [0.3, 0.4) is 0 Å². The van der Waals surface area contributed by atoms with Gasteiger partial charge >= 0.3 is 0 Å². The quantitative estimate of drug-likeness (QED) is 0.851. The maximum atomic E-state index is 13.2. The third kappa shape index (κ3) is 3.80. The highest BCUT2D eigenvalue weighted by atomic mass is 35.5. The van der Waals surface area contributed by atoms with Crippen molar-refractivity contribution in [1.82, 2.24) is 4.90 Å². The standard InChI is InChI=1S/C16H14ClFN2/c1-20(10-12-3-2-4-15(17)8-12)11-13-5-6-16(18)14(7-13)9-19/h2-8H,10-11H2,1H3. The number of nitriles is 1. The van der Waals surface area contributed by atoms with Gasteiger partial charge in [0.05, 0.1) is 5.56 Å². The molecule has 0 saturated heterocycles. The summed E-state index contributed by atoms with van der Waals surface area (Å²) in [6.07, 6.45) is 0. The lowest BCUT2D eigenvalue weighted by Gasteiger charge is -2.17. The SMILES string of the molecule is CN(Cc1cccc(Cl)c1)Cc1ccc(F)c(C#N)c1. The average molecular weight is 289 g/mol. The lowest BCUT2D eigenvalue weighted by molar-refractivity contribution is 0.319. The van der Waals surface area contributed by atoms with Crippen LogP contribution in [0.1, 0.15) is 16.7 Å². The highest BCUT2D eigenvalue weighted by Crippen LogP contribution is 2.15. The summed E-state index contributed by atoms with van der Waals surface area (Å²) in [5, 5.41) is 9.54. The van der Waals surface area contributed by atoms with Crippen LogP contribution in [-0.2, 0) is 13.1 Å². The van der Waals surface area contributed by atoms with Crippen molar-refractivity contribution in [2.75, 3.05) is 7.05 Å². The molecule has 0 saturated carbocycles.